The maximum Gasteiger partial charge on any atom is 0.330 e. The van der Waals surface area contributed by atoms with Gasteiger partial charge in [-0.1, -0.05) is 36.4 Å². The molecule has 1 saturated heterocycles. The number of carbonyl (C=O) groups excluding carboxylic acids is 1. The lowest BCUT2D eigenvalue weighted by atomic mass is 10.1. The minimum atomic E-state index is -0.722. The summed E-state index contributed by atoms with van der Waals surface area (Å²) in [6, 6.07) is 14.7. The molecule has 0 saturated carbocycles. The van der Waals surface area contributed by atoms with Crippen LogP contribution in [0.3, 0.4) is 0 Å². The van der Waals surface area contributed by atoms with Crippen LogP contribution in [-0.4, -0.2) is 48.9 Å². The molecule has 2 heterocycles. The van der Waals surface area contributed by atoms with Crippen molar-refractivity contribution in [1.82, 2.24) is 9.55 Å². The average Bonchev–Trinajstić information content (AvgIpc) is 3.43. The van der Waals surface area contributed by atoms with Gasteiger partial charge in [0.1, 0.15) is 11.9 Å². The van der Waals surface area contributed by atoms with E-state index in [1.807, 2.05) is 42.5 Å². The van der Waals surface area contributed by atoms with E-state index in [0.717, 1.165) is 17.5 Å². The number of H-pyrrole nitrogens is 1. The molecule has 0 aliphatic carbocycles. The predicted octanol–water partition coefficient (Wildman–Crippen LogP) is 1.94. The second kappa shape index (κ2) is 11.1. The summed E-state index contributed by atoms with van der Waals surface area (Å²) < 4.78 is 17.6. The van der Waals surface area contributed by atoms with Gasteiger partial charge in [0.25, 0.3) is 11.5 Å². The van der Waals surface area contributed by atoms with Gasteiger partial charge in [-0.2, -0.15) is 0 Å². The third-order valence-corrected chi connectivity index (χ3v) is 6.21. The maximum absolute atomic E-state index is 13.5. The zero-order valence-corrected chi connectivity index (χ0v) is 20.4. The van der Waals surface area contributed by atoms with Gasteiger partial charge in [-0.05, 0) is 42.5 Å². The molecule has 36 heavy (non-hydrogen) atoms. The van der Waals surface area contributed by atoms with E-state index < -0.39 is 17.4 Å². The molecule has 1 aliphatic heterocycles. The van der Waals surface area contributed by atoms with E-state index >= 15 is 0 Å². The first kappa shape index (κ1) is 25.1. The number of aromatic nitrogens is 2. The minimum Gasteiger partial charge on any atom is -0.493 e. The predicted molar refractivity (Wildman–Crippen MR) is 136 cm³/mol. The molecule has 1 atom stereocenters. The number of nitrogens with two attached hydrogens (primary N) is 1. The van der Waals surface area contributed by atoms with Gasteiger partial charge in [0.05, 0.1) is 20.8 Å². The number of anilines is 2. The molecular formula is C26H30N4O6. The molecule has 3 aromatic rings. The minimum absolute atomic E-state index is 0.0634. The molecule has 4 rings (SSSR count). The molecule has 1 amide bonds. The number of rotatable bonds is 9. The summed E-state index contributed by atoms with van der Waals surface area (Å²) in [5.41, 5.74) is 6.66. The van der Waals surface area contributed by atoms with Crippen LogP contribution in [0.15, 0.2) is 58.1 Å². The van der Waals surface area contributed by atoms with E-state index in [-0.39, 0.29) is 30.5 Å². The van der Waals surface area contributed by atoms with Crippen LogP contribution in [0.25, 0.3) is 0 Å². The van der Waals surface area contributed by atoms with E-state index in [1.54, 1.807) is 20.3 Å². The fraction of sp³-hybridized carbons (Fsp3) is 0.346. The number of nitrogen functional groups attached to an aromatic ring is 1. The number of benzene rings is 2. The lowest BCUT2D eigenvalue weighted by Crippen LogP contribution is -2.45. The van der Waals surface area contributed by atoms with Gasteiger partial charge in [-0.15, -0.1) is 0 Å². The Morgan fingerprint density at radius 2 is 1.86 bits per heavy atom. The SMILES string of the molecule is COc1ccc(CCN(C(=O)C2CCCO2)c2c(N)n(Cc3ccccc3)c(=O)[nH]c2=O)cc1OC. The largest absolute Gasteiger partial charge is 0.493 e. The Labute approximate surface area is 208 Å². The highest BCUT2D eigenvalue weighted by atomic mass is 16.5. The van der Waals surface area contributed by atoms with Gasteiger partial charge < -0.3 is 24.8 Å². The Bertz CT molecular complexity index is 1330. The maximum atomic E-state index is 13.5. The van der Waals surface area contributed by atoms with Crippen LogP contribution in [0, 0.1) is 0 Å². The summed E-state index contributed by atoms with van der Waals surface area (Å²) >= 11 is 0. The number of carbonyl (C=O) groups is 1. The van der Waals surface area contributed by atoms with E-state index in [4.69, 9.17) is 19.9 Å². The van der Waals surface area contributed by atoms with Crippen molar-refractivity contribution in [3.05, 3.63) is 80.5 Å². The van der Waals surface area contributed by atoms with E-state index in [0.29, 0.717) is 30.9 Å². The van der Waals surface area contributed by atoms with Crippen molar-refractivity contribution in [3.63, 3.8) is 0 Å². The van der Waals surface area contributed by atoms with Gasteiger partial charge >= 0.3 is 5.69 Å². The molecule has 1 unspecified atom stereocenters. The van der Waals surface area contributed by atoms with Crippen molar-refractivity contribution in [3.8, 4) is 11.5 Å². The molecule has 3 N–H and O–H groups in total. The van der Waals surface area contributed by atoms with Gasteiger partial charge in [-0.3, -0.25) is 19.1 Å². The first-order valence-corrected chi connectivity index (χ1v) is 11.7. The third kappa shape index (κ3) is 5.28. The van der Waals surface area contributed by atoms with Gasteiger partial charge in [0, 0.05) is 13.2 Å². The summed E-state index contributed by atoms with van der Waals surface area (Å²) in [5, 5.41) is 0. The van der Waals surface area contributed by atoms with E-state index in [9.17, 15) is 14.4 Å². The molecular weight excluding hydrogens is 464 g/mol. The Kier molecular flexibility index (Phi) is 7.74. The van der Waals surface area contributed by atoms with Crippen molar-refractivity contribution in [1.29, 1.82) is 0 Å². The smallest absolute Gasteiger partial charge is 0.330 e. The number of aromatic amines is 1. The highest BCUT2D eigenvalue weighted by molar-refractivity contribution is 5.98. The van der Waals surface area contributed by atoms with Crippen molar-refractivity contribution in [2.45, 2.75) is 31.9 Å². The van der Waals surface area contributed by atoms with Crippen molar-refractivity contribution in [2.24, 2.45) is 0 Å². The van der Waals surface area contributed by atoms with E-state index in [1.165, 1.54) is 9.47 Å². The van der Waals surface area contributed by atoms with E-state index in [2.05, 4.69) is 4.98 Å². The van der Waals surface area contributed by atoms with Gasteiger partial charge in [-0.25, -0.2) is 4.79 Å². The number of ether oxygens (including phenoxy) is 3. The molecule has 10 nitrogen and oxygen atoms in total. The number of nitrogens with zero attached hydrogens (tertiary/aromatic N) is 2. The second-order valence-electron chi connectivity index (χ2n) is 8.50. The lowest BCUT2D eigenvalue weighted by Gasteiger charge is -2.27. The number of hydrogen-bond acceptors (Lipinski definition) is 7. The molecule has 1 aliphatic rings. The number of hydrogen-bond donors (Lipinski definition) is 2. The summed E-state index contributed by atoms with van der Waals surface area (Å²) in [6.07, 6.45) is 1.02. The topological polar surface area (TPSA) is 129 Å². The monoisotopic (exact) mass is 494 g/mol. The van der Waals surface area contributed by atoms with Crippen LogP contribution in [0.2, 0.25) is 0 Å². The summed E-state index contributed by atoms with van der Waals surface area (Å²) in [6.45, 7) is 0.761. The molecule has 0 spiro atoms. The van der Waals surface area contributed by atoms with Crippen molar-refractivity contribution >= 4 is 17.4 Å². The first-order chi connectivity index (χ1) is 17.4. The van der Waals surface area contributed by atoms with Crippen LogP contribution in [-0.2, 0) is 22.5 Å². The summed E-state index contributed by atoms with van der Waals surface area (Å²) in [5.74, 6) is 0.698. The van der Waals surface area contributed by atoms with Crippen LogP contribution in [0.4, 0.5) is 11.5 Å². The van der Waals surface area contributed by atoms with Gasteiger partial charge in [0.15, 0.2) is 17.2 Å². The highest BCUT2D eigenvalue weighted by Gasteiger charge is 2.32. The average molecular weight is 495 g/mol. The quantitative estimate of drug-likeness (QED) is 0.465. The van der Waals surface area contributed by atoms with Crippen LogP contribution in [0.5, 0.6) is 11.5 Å². The highest BCUT2D eigenvalue weighted by Crippen LogP contribution is 2.28. The third-order valence-electron chi connectivity index (χ3n) is 6.21. The Morgan fingerprint density at radius 3 is 2.53 bits per heavy atom. The molecule has 2 aromatic carbocycles. The molecule has 1 fully saturated rings. The number of amides is 1. The zero-order chi connectivity index (χ0) is 25.7. The second-order valence-corrected chi connectivity index (χ2v) is 8.50. The molecule has 190 valence electrons. The first-order valence-electron chi connectivity index (χ1n) is 11.7. The van der Waals surface area contributed by atoms with Crippen molar-refractivity contribution in [2.75, 3.05) is 38.0 Å². The molecule has 1 aromatic heterocycles. The van der Waals surface area contributed by atoms with Crippen molar-refractivity contribution < 1.29 is 19.0 Å². The van der Waals surface area contributed by atoms with Crippen LogP contribution < -0.4 is 31.4 Å². The fourth-order valence-corrected chi connectivity index (χ4v) is 4.32. The molecule has 10 heteroatoms. The lowest BCUT2D eigenvalue weighted by molar-refractivity contribution is -0.127. The number of methoxy groups -OCH3 is 2. The standard InChI is InChI=1S/C26H30N4O6/c1-34-19-11-10-17(15-21(19)35-2)12-13-29(25(32)20-9-6-14-36-20)22-23(27)30(26(33)28-24(22)31)16-18-7-4-3-5-8-18/h3-5,7-8,10-11,15,20H,6,9,12-14,16,27H2,1-2H3,(H,28,31,33). The zero-order valence-electron chi connectivity index (χ0n) is 20.4. The fourth-order valence-electron chi connectivity index (χ4n) is 4.32. The van der Waals surface area contributed by atoms with Gasteiger partial charge in [0.2, 0.25) is 0 Å². The Hall–Kier alpha value is -4.05. The molecule has 0 radical (unpaired) electrons. The van der Waals surface area contributed by atoms with Crippen LogP contribution >= 0.6 is 0 Å². The summed E-state index contributed by atoms with van der Waals surface area (Å²) in [7, 11) is 3.10. The van der Waals surface area contributed by atoms with Crippen LogP contribution in [0.1, 0.15) is 24.0 Å². The molecule has 0 bridgehead atoms. The number of nitrogens with one attached hydrogen (secondary N) is 1. The Balaban J connectivity index is 1.71. The summed E-state index contributed by atoms with van der Waals surface area (Å²) in [4.78, 5) is 42.8. The Morgan fingerprint density at radius 1 is 1.11 bits per heavy atom. The normalized spacial score (nSPS) is 15.0.